The van der Waals surface area contributed by atoms with Crippen molar-refractivity contribution in [3.63, 3.8) is 0 Å². The molecule has 0 amide bonds. The van der Waals surface area contributed by atoms with E-state index in [1.165, 1.54) is 10.2 Å². The van der Waals surface area contributed by atoms with Crippen molar-refractivity contribution in [3.8, 4) is 11.4 Å². The summed E-state index contributed by atoms with van der Waals surface area (Å²) in [5, 5.41) is 5.20. The van der Waals surface area contributed by atoms with Crippen LogP contribution in [0.1, 0.15) is 49.4 Å². The zero-order valence-electron chi connectivity index (χ0n) is 16.6. The van der Waals surface area contributed by atoms with E-state index in [1.807, 2.05) is 37.3 Å². The van der Waals surface area contributed by atoms with E-state index in [0.29, 0.717) is 23.7 Å². The van der Waals surface area contributed by atoms with E-state index < -0.39 is 6.04 Å². The molecule has 1 heterocycles. The SMILES string of the molecule is Cc1cccc(CCC(=O)C(C)n2nc(-c3ccc(Cl)cc3)n(C3CC3)c2=O)c1. The predicted octanol–water partition coefficient (Wildman–Crippen LogP) is 4.77. The Bertz CT molecular complexity index is 1090. The van der Waals surface area contributed by atoms with Crippen molar-refractivity contribution in [3.05, 3.63) is 75.2 Å². The van der Waals surface area contributed by atoms with Crippen molar-refractivity contribution in [2.45, 2.75) is 51.6 Å². The van der Waals surface area contributed by atoms with Gasteiger partial charge in [-0.25, -0.2) is 9.48 Å². The summed E-state index contributed by atoms with van der Waals surface area (Å²) in [6, 6.07) is 15.0. The van der Waals surface area contributed by atoms with E-state index in [1.54, 1.807) is 23.6 Å². The summed E-state index contributed by atoms with van der Waals surface area (Å²) >= 11 is 6.00. The van der Waals surface area contributed by atoms with Gasteiger partial charge in [-0.2, -0.15) is 0 Å². The van der Waals surface area contributed by atoms with E-state index >= 15 is 0 Å². The molecule has 150 valence electrons. The monoisotopic (exact) mass is 409 g/mol. The second-order valence-corrected chi connectivity index (χ2v) is 8.23. The van der Waals surface area contributed by atoms with Crippen LogP contribution in [0.25, 0.3) is 11.4 Å². The molecule has 0 saturated heterocycles. The van der Waals surface area contributed by atoms with Gasteiger partial charge in [0.2, 0.25) is 0 Å². The van der Waals surface area contributed by atoms with Crippen LogP contribution < -0.4 is 5.69 Å². The molecule has 1 saturated carbocycles. The van der Waals surface area contributed by atoms with Gasteiger partial charge in [0, 0.05) is 23.0 Å². The van der Waals surface area contributed by atoms with Crippen molar-refractivity contribution in [2.75, 3.05) is 0 Å². The molecule has 0 N–H and O–H groups in total. The quantitative estimate of drug-likeness (QED) is 0.564. The van der Waals surface area contributed by atoms with Gasteiger partial charge in [-0.15, -0.1) is 5.10 Å². The zero-order chi connectivity index (χ0) is 20.5. The molecule has 0 bridgehead atoms. The molecular weight excluding hydrogens is 386 g/mol. The lowest BCUT2D eigenvalue weighted by Gasteiger charge is -2.10. The number of Topliss-reactive ketones (excluding diaryl/α,β-unsaturated/α-hetero) is 1. The van der Waals surface area contributed by atoms with Gasteiger partial charge in [0.15, 0.2) is 11.6 Å². The van der Waals surface area contributed by atoms with Crippen LogP contribution in [0.4, 0.5) is 0 Å². The van der Waals surface area contributed by atoms with Crippen LogP contribution in [-0.4, -0.2) is 20.1 Å². The summed E-state index contributed by atoms with van der Waals surface area (Å²) in [6.07, 6.45) is 2.96. The summed E-state index contributed by atoms with van der Waals surface area (Å²) in [5.74, 6) is 0.615. The third kappa shape index (κ3) is 4.20. The van der Waals surface area contributed by atoms with Gasteiger partial charge in [0.05, 0.1) is 0 Å². The number of hydrogen-bond donors (Lipinski definition) is 0. The van der Waals surface area contributed by atoms with Crippen LogP contribution in [0.5, 0.6) is 0 Å². The number of hydrogen-bond acceptors (Lipinski definition) is 3. The fraction of sp³-hybridized carbons (Fsp3) is 0.348. The Morgan fingerprint density at radius 3 is 2.59 bits per heavy atom. The van der Waals surface area contributed by atoms with E-state index in [0.717, 1.165) is 24.0 Å². The lowest BCUT2D eigenvalue weighted by atomic mass is 10.0. The van der Waals surface area contributed by atoms with Gasteiger partial charge in [0.25, 0.3) is 0 Å². The molecule has 1 aliphatic carbocycles. The van der Waals surface area contributed by atoms with Crippen LogP contribution in [0.15, 0.2) is 53.3 Å². The average molecular weight is 410 g/mol. The van der Waals surface area contributed by atoms with Crippen LogP contribution in [0.3, 0.4) is 0 Å². The molecule has 1 aliphatic rings. The maximum absolute atomic E-state index is 13.1. The van der Waals surface area contributed by atoms with Crippen molar-refractivity contribution in [1.82, 2.24) is 14.3 Å². The van der Waals surface area contributed by atoms with E-state index in [-0.39, 0.29) is 17.5 Å². The molecular formula is C23H24ClN3O2. The topological polar surface area (TPSA) is 56.9 Å². The normalized spacial score (nSPS) is 14.7. The highest BCUT2D eigenvalue weighted by molar-refractivity contribution is 6.30. The van der Waals surface area contributed by atoms with Gasteiger partial charge >= 0.3 is 5.69 Å². The van der Waals surface area contributed by atoms with Crippen LogP contribution in [-0.2, 0) is 11.2 Å². The maximum Gasteiger partial charge on any atom is 0.347 e. The van der Waals surface area contributed by atoms with Gasteiger partial charge in [-0.1, -0.05) is 41.4 Å². The third-order valence-corrected chi connectivity index (χ3v) is 5.67. The molecule has 1 aromatic heterocycles. The van der Waals surface area contributed by atoms with Gasteiger partial charge in [0.1, 0.15) is 6.04 Å². The van der Waals surface area contributed by atoms with Crippen LogP contribution in [0, 0.1) is 6.92 Å². The average Bonchev–Trinajstić information content (AvgIpc) is 3.49. The second-order valence-electron chi connectivity index (χ2n) is 7.79. The van der Waals surface area contributed by atoms with E-state index in [4.69, 9.17) is 11.6 Å². The van der Waals surface area contributed by atoms with Crippen LogP contribution in [0.2, 0.25) is 5.02 Å². The fourth-order valence-electron chi connectivity index (χ4n) is 3.58. The molecule has 6 heteroatoms. The number of nitrogens with zero attached hydrogens (tertiary/aromatic N) is 3. The third-order valence-electron chi connectivity index (χ3n) is 5.42. The lowest BCUT2D eigenvalue weighted by molar-refractivity contribution is -0.122. The molecule has 5 nitrogen and oxygen atoms in total. The van der Waals surface area contributed by atoms with Crippen molar-refractivity contribution < 1.29 is 4.79 Å². The smallest absolute Gasteiger partial charge is 0.297 e. The van der Waals surface area contributed by atoms with Crippen molar-refractivity contribution >= 4 is 17.4 Å². The number of rotatable bonds is 7. The summed E-state index contributed by atoms with van der Waals surface area (Å²) in [4.78, 5) is 25.9. The Morgan fingerprint density at radius 2 is 1.93 bits per heavy atom. The first kappa shape index (κ1) is 19.6. The fourth-order valence-corrected chi connectivity index (χ4v) is 3.71. The number of carbonyl (C=O) groups excluding carboxylic acids is 1. The molecule has 4 rings (SSSR count). The summed E-state index contributed by atoms with van der Waals surface area (Å²) in [6.45, 7) is 3.80. The number of benzene rings is 2. The standard InChI is InChI=1S/C23H24ClN3O2/c1-15-4-3-5-17(14-15)6-13-21(28)16(2)27-23(29)26(20-11-12-20)22(25-27)18-7-9-19(24)10-8-18/h3-5,7-10,14,16,20H,6,11-13H2,1-2H3. The molecule has 1 fully saturated rings. The molecule has 0 aliphatic heterocycles. The number of halogens is 1. The zero-order valence-corrected chi connectivity index (χ0v) is 17.4. The minimum absolute atomic E-state index is 0.0108. The largest absolute Gasteiger partial charge is 0.347 e. The molecule has 2 aromatic carbocycles. The molecule has 1 atom stereocenters. The minimum Gasteiger partial charge on any atom is -0.297 e. The molecule has 1 unspecified atom stereocenters. The highest BCUT2D eigenvalue weighted by Crippen LogP contribution is 2.36. The maximum atomic E-state index is 13.1. The molecule has 3 aromatic rings. The summed E-state index contributed by atoms with van der Waals surface area (Å²) < 4.78 is 3.08. The molecule has 0 radical (unpaired) electrons. The summed E-state index contributed by atoms with van der Waals surface area (Å²) in [7, 11) is 0. The Morgan fingerprint density at radius 1 is 1.21 bits per heavy atom. The first-order chi connectivity index (χ1) is 13.9. The van der Waals surface area contributed by atoms with E-state index in [2.05, 4.69) is 11.2 Å². The highest BCUT2D eigenvalue weighted by atomic mass is 35.5. The molecule has 29 heavy (non-hydrogen) atoms. The second kappa shape index (κ2) is 7.99. The van der Waals surface area contributed by atoms with E-state index in [9.17, 15) is 9.59 Å². The van der Waals surface area contributed by atoms with Gasteiger partial charge in [-0.05, 0) is 62.9 Å². The Balaban J connectivity index is 1.59. The first-order valence-corrected chi connectivity index (χ1v) is 10.4. The number of aromatic nitrogens is 3. The first-order valence-electron chi connectivity index (χ1n) is 9.99. The van der Waals surface area contributed by atoms with Gasteiger partial charge < -0.3 is 0 Å². The Labute approximate surface area is 174 Å². The van der Waals surface area contributed by atoms with Crippen molar-refractivity contribution in [2.24, 2.45) is 0 Å². The summed E-state index contributed by atoms with van der Waals surface area (Å²) in [5.41, 5.74) is 2.92. The number of ketones is 1. The molecule has 0 spiro atoms. The number of aryl methyl sites for hydroxylation is 2. The number of carbonyl (C=O) groups is 1. The highest BCUT2D eigenvalue weighted by Gasteiger charge is 2.32. The Kier molecular flexibility index (Phi) is 5.41. The predicted molar refractivity (Wildman–Crippen MR) is 114 cm³/mol. The lowest BCUT2D eigenvalue weighted by Crippen LogP contribution is -2.30. The Hall–Kier alpha value is -2.66. The van der Waals surface area contributed by atoms with Crippen LogP contribution >= 0.6 is 11.6 Å². The van der Waals surface area contributed by atoms with Crippen molar-refractivity contribution in [1.29, 1.82) is 0 Å². The minimum atomic E-state index is -0.599. The van der Waals surface area contributed by atoms with Gasteiger partial charge in [-0.3, -0.25) is 9.36 Å².